The first-order valence-corrected chi connectivity index (χ1v) is 7.14. The van der Waals surface area contributed by atoms with Crippen LogP contribution >= 0.6 is 0 Å². The summed E-state index contributed by atoms with van der Waals surface area (Å²) in [6, 6.07) is 0.606. The van der Waals surface area contributed by atoms with Gasteiger partial charge in [0.1, 0.15) is 12.2 Å². The molecule has 0 bridgehead atoms. The molecule has 1 aromatic heterocycles. The van der Waals surface area contributed by atoms with Gasteiger partial charge in [-0.1, -0.05) is 0 Å². The van der Waals surface area contributed by atoms with Gasteiger partial charge in [0.25, 0.3) is 0 Å². The monoisotopic (exact) mass is 267 g/mol. The molecule has 1 aromatic rings. The van der Waals surface area contributed by atoms with Crippen LogP contribution in [0.1, 0.15) is 25.6 Å². The predicted octanol–water partition coefficient (Wildman–Crippen LogP) is 0.498. The van der Waals surface area contributed by atoms with Gasteiger partial charge in [0.15, 0.2) is 0 Å². The first kappa shape index (κ1) is 14.4. The minimum Gasteiger partial charge on any atom is -0.383 e. The lowest BCUT2D eigenvalue weighted by Gasteiger charge is -2.25. The van der Waals surface area contributed by atoms with E-state index in [0.29, 0.717) is 6.04 Å². The number of rotatable bonds is 8. The Kier molecular flexibility index (Phi) is 5.75. The van der Waals surface area contributed by atoms with Gasteiger partial charge in [0, 0.05) is 32.8 Å². The fourth-order valence-electron chi connectivity index (χ4n) is 2.55. The van der Waals surface area contributed by atoms with Gasteiger partial charge in [0.2, 0.25) is 0 Å². The van der Waals surface area contributed by atoms with Crippen LogP contribution in [0.2, 0.25) is 0 Å². The van der Waals surface area contributed by atoms with Crippen molar-refractivity contribution in [3.63, 3.8) is 0 Å². The Morgan fingerprint density at radius 3 is 3.16 bits per heavy atom. The molecule has 0 saturated carbocycles. The molecule has 2 rings (SSSR count). The van der Waals surface area contributed by atoms with E-state index in [2.05, 4.69) is 27.2 Å². The van der Waals surface area contributed by atoms with Crippen LogP contribution in [0.3, 0.4) is 0 Å². The fourth-order valence-corrected chi connectivity index (χ4v) is 2.55. The van der Waals surface area contributed by atoms with Crippen molar-refractivity contribution in [2.75, 3.05) is 33.4 Å². The van der Waals surface area contributed by atoms with Crippen LogP contribution < -0.4 is 5.32 Å². The van der Waals surface area contributed by atoms with Gasteiger partial charge in [-0.25, -0.2) is 9.67 Å². The number of hydrogen-bond donors (Lipinski definition) is 1. The molecule has 19 heavy (non-hydrogen) atoms. The fraction of sp³-hybridized carbons (Fsp3) is 0.846. The lowest BCUT2D eigenvalue weighted by molar-refractivity contribution is 0.135. The van der Waals surface area contributed by atoms with E-state index in [4.69, 9.17) is 4.74 Å². The van der Waals surface area contributed by atoms with Crippen molar-refractivity contribution in [1.29, 1.82) is 0 Å². The zero-order chi connectivity index (χ0) is 13.5. The van der Waals surface area contributed by atoms with Crippen LogP contribution in [0, 0.1) is 0 Å². The van der Waals surface area contributed by atoms with E-state index in [0.717, 1.165) is 45.2 Å². The summed E-state index contributed by atoms with van der Waals surface area (Å²) < 4.78 is 7.17. The summed E-state index contributed by atoms with van der Waals surface area (Å²) in [4.78, 5) is 6.76. The van der Waals surface area contributed by atoms with Crippen molar-refractivity contribution < 1.29 is 4.74 Å². The van der Waals surface area contributed by atoms with Crippen LogP contribution in [-0.2, 0) is 17.8 Å². The highest BCUT2D eigenvalue weighted by Crippen LogP contribution is 2.09. The van der Waals surface area contributed by atoms with E-state index in [1.807, 2.05) is 4.68 Å². The van der Waals surface area contributed by atoms with Crippen molar-refractivity contribution in [3.8, 4) is 0 Å². The summed E-state index contributed by atoms with van der Waals surface area (Å²) in [6.45, 7) is 7.70. The quantitative estimate of drug-likeness (QED) is 0.743. The van der Waals surface area contributed by atoms with Gasteiger partial charge in [-0.05, 0) is 26.3 Å². The molecule has 6 heteroatoms. The van der Waals surface area contributed by atoms with Crippen molar-refractivity contribution in [1.82, 2.24) is 25.0 Å². The standard InChI is InChI=1S/C13H25N5O/c1-3-18-13(15-11-16-18)10-17(7-8-19-2)9-12-5-4-6-14-12/h11-12,14H,3-10H2,1-2H3. The van der Waals surface area contributed by atoms with E-state index >= 15 is 0 Å². The summed E-state index contributed by atoms with van der Waals surface area (Å²) in [7, 11) is 1.75. The topological polar surface area (TPSA) is 55.2 Å². The van der Waals surface area contributed by atoms with E-state index in [1.54, 1.807) is 13.4 Å². The maximum absolute atomic E-state index is 5.21. The summed E-state index contributed by atoms with van der Waals surface area (Å²) in [6.07, 6.45) is 4.19. The van der Waals surface area contributed by atoms with Crippen LogP contribution in [0.5, 0.6) is 0 Å². The summed E-state index contributed by atoms with van der Waals surface area (Å²) in [5.74, 6) is 1.04. The molecule has 1 aliphatic heterocycles. The number of ether oxygens (including phenoxy) is 1. The first-order chi connectivity index (χ1) is 9.33. The van der Waals surface area contributed by atoms with Crippen LogP contribution in [-0.4, -0.2) is 59.1 Å². The average molecular weight is 267 g/mol. The Balaban J connectivity index is 1.92. The highest BCUT2D eigenvalue weighted by atomic mass is 16.5. The molecule has 0 radical (unpaired) electrons. The SMILES string of the molecule is CCn1ncnc1CN(CCOC)CC1CCCN1. The Labute approximate surface area is 115 Å². The number of hydrogen-bond acceptors (Lipinski definition) is 5. The van der Waals surface area contributed by atoms with Gasteiger partial charge in [0.05, 0.1) is 13.2 Å². The Morgan fingerprint density at radius 1 is 1.58 bits per heavy atom. The molecule has 6 nitrogen and oxygen atoms in total. The molecule has 1 fully saturated rings. The second-order valence-electron chi connectivity index (χ2n) is 5.01. The van der Waals surface area contributed by atoms with Gasteiger partial charge in [-0.2, -0.15) is 5.10 Å². The zero-order valence-electron chi connectivity index (χ0n) is 12.0. The second kappa shape index (κ2) is 7.57. The first-order valence-electron chi connectivity index (χ1n) is 7.14. The Bertz CT molecular complexity index is 362. The lowest BCUT2D eigenvalue weighted by atomic mass is 10.2. The van der Waals surface area contributed by atoms with Crippen LogP contribution in [0.4, 0.5) is 0 Å². The molecule has 1 N–H and O–H groups in total. The third-order valence-electron chi connectivity index (χ3n) is 3.61. The molecule has 0 spiro atoms. The van der Waals surface area contributed by atoms with Gasteiger partial charge < -0.3 is 10.1 Å². The second-order valence-corrected chi connectivity index (χ2v) is 5.01. The molecule has 1 aliphatic rings. The minimum absolute atomic E-state index is 0.606. The molecule has 1 atom stereocenters. The summed E-state index contributed by atoms with van der Waals surface area (Å²) in [5, 5.41) is 7.78. The molecule has 0 aliphatic carbocycles. The normalized spacial score (nSPS) is 19.4. The van der Waals surface area contributed by atoms with Crippen molar-refractivity contribution in [2.45, 2.75) is 38.9 Å². The molecule has 1 unspecified atom stereocenters. The smallest absolute Gasteiger partial charge is 0.140 e. The Hall–Kier alpha value is -0.980. The minimum atomic E-state index is 0.606. The highest BCUT2D eigenvalue weighted by Gasteiger charge is 2.19. The molecule has 2 heterocycles. The molecular weight excluding hydrogens is 242 g/mol. The summed E-state index contributed by atoms with van der Waals surface area (Å²) in [5.41, 5.74) is 0. The van der Waals surface area contributed by atoms with E-state index in [1.165, 1.54) is 12.8 Å². The molecule has 0 amide bonds. The van der Waals surface area contributed by atoms with Crippen molar-refractivity contribution in [3.05, 3.63) is 12.2 Å². The molecular formula is C13H25N5O. The average Bonchev–Trinajstić information content (AvgIpc) is 3.07. The van der Waals surface area contributed by atoms with Gasteiger partial charge >= 0.3 is 0 Å². The number of methoxy groups -OCH3 is 1. The van der Waals surface area contributed by atoms with Crippen LogP contribution in [0.15, 0.2) is 6.33 Å². The molecule has 1 saturated heterocycles. The largest absolute Gasteiger partial charge is 0.383 e. The van der Waals surface area contributed by atoms with E-state index in [9.17, 15) is 0 Å². The highest BCUT2D eigenvalue weighted by molar-refractivity contribution is 4.86. The predicted molar refractivity (Wildman–Crippen MR) is 73.9 cm³/mol. The number of aromatic nitrogens is 3. The number of nitrogens with zero attached hydrogens (tertiary/aromatic N) is 4. The molecule has 108 valence electrons. The van der Waals surface area contributed by atoms with Crippen molar-refractivity contribution >= 4 is 0 Å². The van der Waals surface area contributed by atoms with Gasteiger partial charge in [-0.15, -0.1) is 0 Å². The third kappa shape index (κ3) is 4.26. The molecule has 0 aromatic carbocycles. The zero-order valence-corrected chi connectivity index (χ0v) is 12.0. The maximum Gasteiger partial charge on any atom is 0.140 e. The van der Waals surface area contributed by atoms with Crippen molar-refractivity contribution in [2.24, 2.45) is 0 Å². The van der Waals surface area contributed by atoms with E-state index in [-0.39, 0.29) is 0 Å². The van der Waals surface area contributed by atoms with E-state index < -0.39 is 0 Å². The maximum atomic E-state index is 5.21. The van der Waals surface area contributed by atoms with Gasteiger partial charge in [-0.3, -0.25) is 4.90 Å². The lowest BCUT2D eigenvalue weighted by Crippen LogP contribution is -2.39. The summed E-state index contributed by atoms with van der Waals surface area (Å²) >= 11 is 0. The van der Waals surface area contributed by atoms with Crippen LogP contribution in [0.25, 0.3) is 0 Å². The third-order valence-corrected chi connectivity index (χ3v) is 3.61. The number of nitrogens with one attached hydrogen (secondary N) is 1. The Morgan fingerprint density at radius 2 is 2.47 bits per heavy atom. The number of aryl methyl sites for hydroxylation is 1.